The number of urea groups is 1. The molecular weight excluding hydrogens is 393 g/mol. The lowest BCUT2D eigenvalue weighted by Gasteiger charge is -2.19. The van der Waals surface area contributed by atoms with Crippen molar-refractivity contribution in [1.82, 2.24) is 14.8 Å². The molecule has 3 amide bonds. The second-order valence-electron chi connectivity index (χ2n) is 7.68. The Morgan fingerprint density at radius 1 is 1.24 bits per heavy atom. The molecule has 2 aromatic rings. The predicted octanol–water partition coefficient (Wildman–Crippen LogP) is 3.15. The molecule has 2 aliphatic heterocycles. The van der Waals surface area contributed by atoms with Crippen LogP contribution in [0.2, 0.25) is 0 Å². The van der Waals surface area contributed by atoms with Crippen LogP contribution in [0.3, 0.4) is 0 Å². The summed E-state index contributed by atoms with van der Waals surface area (Å²) in [5.41, 5.74) is 2.15. The fraction of sp³-hybridized carbons (Fsp3) is 0.381. The molecular formula is C21H22FN3O3S. The molecule has 1 aromatic carbocycles. The number of Topliss-reactive ketones (excluding diaryl/α,β-unsaturated/α-hetero) is 1. The molecule has 0 aliphatic carbocycles. The van der Waals surface area contributed by atoms with Crippen molar-refractivity contribution in [2.45, 2.75) is 32.7 Å². The van der Waals surface area contributed by atoms with E-state index in [0.717, 1.165) is 16.3 Å². The zero-order valence-electron chi connectivity index (χ0n) is 16.5. The molecule has 1 atom stereocenters. The van der Waals surface area contributed by atoms with E-state index in [2.05, 4.69) is 5.32 Å². The van der Waals surface area contributed by atoms with E-state index in [1.54, 1.807) is 48.4 Å². The van der Waals surface area contributed by atoms with Gasteiger partial charge in [-0.1, -0.05) is 6.07 Å². The molecule has 2 fully saturated rings. The van der Waals surface area contributed by atoms with Gasteiger partial charge in [-0.3, -0.25) is 14.5 Å². The van der Waals surface area contributed by atoms with Crippen LogP contribution in [-0.2, 0) is 4.79 Å². The summed E-state index contributed by atoms with van der Waals surface area (Å²) in [5.74, 6) is 0.387. The van der Waals surface area contributed by atoms with Crippen molar-refractivity contribution >= 4 is 29.5 Å². The zero-order valence-corrected chi connectivity index (χ0v) is 17.4. The lowest BCUT2D eigenvalue weighted by Crippen LogP contribution is -2.47. The average molecular weight is 415 g/mol. The van der Waals surface area contributed by atoms with E-state index in [1.165, 1.54) is 6.07 Å². The number of benzene rings is 1. The van der Waals surface area contributed by atoms with Gasteiger partial charge in [-0.15, -0.1) is 0 Å². The molecule has 2 saturated heterocycles. The number of nitrogens with one attached hydrogen (secondary N) is 1. The molecule has 1 aromatic heterocycles. The van der Waals surface area contributed by atoms with Crippen molar-refractivity contribution in [3.8, 4) is 5.69 Å². The first kappa shape index (κ1) is 19.7. The number of halogens is 1. The Kier molecular flexibility index (Phi) is 4.77. The number of rotatable bonds is 4. The standard InChI is InChI=1S/C21H22FN3O3S/c1-12-4-5-15(9-17(12)22)25-13(2)8-16(14(25)3)18(26)10-24-19(27)21(23-20(24)28)6-7-29-11-21/h4-5,8-9H,6-7,10-11H2,1-3H3,(H,23,28). The van der Waals surface area contributed by atoms with Crippen molar-refractivity contribution in [3.05, 3.63) is 52.6 Å². The van der Waals surface area contributed by atoms with Crippen molar-refractivity contribution < 1.29 is 18.8 Å². The second-order valence-corrected chi connectivity index (χ2v) is 8.79. The lowest BCUT2D eigenvalue weighted by atomic mass is 9.99. The first-order valence-corrected chi connectivity index (χ1v) is 10.6. The van der Waals surface area contributed by atoms with Crippen LogP contribution in [-0.4, -0.2) is 50.8 Å². The van der Waals surface area contributed by atoms with E-state index in [0.29, 0.717) is 34.7 Å². The highest BCUT2D eigenvalue weighted by Gasteiger charge is 2.53. The van der Waals surface area contributed by atoms with Gasteiger partial charge in [0.2, 0.25) is 0 Å². The van der Waals surface area contributed by atoms with Crippen molar-refractivity contribution in [2.24, 2.45) is 0 Å². The van der Waals surface area contributed by atoms with Gasteiger partial charge in [0.25, 0.3) is 5.91 Å². The van der Waals surface area contributed by atoms with E-state index in [1.807, 2.05) is 6.92 Å². The number of carbonyl (C=O) groups is 3. The Balaban J connectivity index is 1.61. The number of aromatic nitrogens is 1. The van der Waals surface area contributed by atoms with Crippen LogP contribution in [0.4, 0.5) is 9.18 Å². The fourth-order valence-electron chi connectivity index (χ4n) is 4.04. The SMILES string of the molecule is Cc1ccc(-n2c(C)cc(C(=O)CN3C(=O)NC4(CCSC4)C3=O)c2C)cc1F. The number of nitrogens with zero attached hydrogens (tertiary/aromatic N) is 2. The Morgan fingerprint density at radius 3 is 2.66 bits per heavy atom. The first-order valence-electron chi connectivity index (χ1n) is 9.44. The van der Waals surface area contributed by atoms with E-state index in [-0.39, 0.29) is 24.1 Å². The predicted molar refractivity (Wildman–Crippen MR) is 109 cm³/mol. The van der Waals surface area contributed by atoms with E-state index >= 15 is 0 Å². The number of ketones is 1. The number of carbonyl (C=O) groups excluding carboxylic acids is 3. The molecule has 6 nitrogen and oxygen atoms in total. The van der Waals surface area contributed by atoms with Gasteiger partial charge >= 0.3 is 6.03 Å². The minimum absolute atomic E-state index is 0.302. The molecule has 1 N–H and O–H groups in total. The van der Waals surface area contributed by atoms with Crippen LogP contribution in [0.5, 0.6) is 0 Å². The largest absolute Gasteiger partial charge is 0.325 e. The zero-order chi connectivity index (χ0) is 20.9. The van der Waals surface area contributed by atoms with Gasteiger partial charge in [-0.05, 0) is 56.7 Å². The third kappa shape index (κ3) is 3.15. The van der Waals surface area contributed by atoms with Crippen molar-refractivity contribution in [3.63, 3.8) is 0 Å². The molecule has 8 heteroatoms. The summed E-state index contributed by atoms with van der Waals surface area (Å²) in [7, 11) is 0. The van der Waals surface area contributed by atoms with E-state index in [9.17, 15) is 18.8 Å². The summed E-state index contributed by atoms with van der Waals surface area (Å²) in [6.07, 6.45) is 0.584. The minimum atomic E-state index is -0.863. The summed E-state index contributed by atoms with van der Waals surface area (Å²) in [6.45, 7) is 5.00. The molecule has 0 radical (unpaired) electrons. The van der Waals surface area contributed by atoms with Crippen LogP contribution in [0.1, 0.15) is 33.7 Å². The quantitative estimate of drug-likeness (QED) is 0.615. The van der Waals surface area contributed by atoms with Gasteiger partial charge in [0.1, 0.15) is 11.4 Å². The van der Waals surface area contributed by atoms with Gasteiger partial charge in [0.05, 0.1) is 6.54 Å². The van der Waals surface area contributed by atoms with Crippen LogP contribution in [0, 0.1) is 26.6 Å². The maximum atomic E-state index is 14.0. The molecule has 2 aliphatic rings. The van der Waals surface area contributed by atoms with Gasteiger partial charge < -0.3 is 9.88 Å². The summed E-state index contributed by atoms with van der Waals surface area (Å²) in [6, 6.07) is 6.13. The van der Waals surface area contributed by atoms with Crippen molar-refractivity contribution in [2.75, 3.05) is 18.1 Å². The Bertz CT molecular complexity index is 1040. The van der Waals surface area contributed by atoms with Gasteiger partial charge in [0.15, 0.2) is 5.78 Å². The smallest absolute Gasteiger partial charge is 0.322 e. The average Bonchev–Trinajstić information content (AvgIpc) is 3.32. The normalized spacial score (nSPS) is 21.3. The number of amides is 3. The highest BCUT2D eigenvalue weighted by atomic mass is 32.2. The van der Waals surface area contributed by atoms with Crippen LogP contribution >= 0.6 is 11.8 Å². The Hall–Kier alpha value is -2.61. The monoisotopic (exact) mass is 415 g/mol. The third-order valence-electron chi connectivity index (χ3n) is 5.71. The summed E-state index contributed by atoms with van der Waals surface area (Å²) >= 11 is 1.62. The van der Waals surface area contributed by atoms with Gasteiger partial charge in [-0.25, -0.2) is 9.18 Å². The maximum absolute atomic E-state index is 14.0. The van der Waals surface area contributed by atoms with Gasteiger partial charge in [0, 0.05) is 28.4 Å². The Labute approximate surface area is 172 Å². The molecule has 1 unspecified atom stereocenters. The molecule has 4 rings (SSSR count). The molecule has 29 heavy (non-hydrogen) atoms. The molecule has 1 spiro atoms. The number of imide groups is 1. The summed E-state index contributed by atoms with van der Waals surface area (Å²) in [4.78, 5) is 39.1. The third-order valence-corrected chi connectivity index (χ3v) is 6.90. The molecule has 0 bridgehead atoms. The Morgan fingerprint density at radius 2 is 2.00 bits per heavy atom. The molecule has 152 valence electrons. The van der Waals surface area contributed by atoms with Crippen molar-refractivity contribution in [1.29, 1.82) is 0 Å². The van der Waals surface area contributed by atoms with E-state index in [4.69, 9.17) is 0 Å². The first-order chi connectivity index (χ1) is 13.7. The second kappa shape index (κ2) is 7.02. The highest BCUT2D eigenvalue weighted by Crippen LogP contribution is 2.33. The summed E-state index contributed by atoms with van der Waals surface area (Å²) < 4.78 is 15.8. The summed E-state index contributed by atoms with van der Waals surface area (Å²) in [5, 5.41) is 2.77. The highest BCUT2D eigenvalue weighted by molar-refractivity contribution is 7.99. The van der Waals surface area contributed by atoms with E-state index < -0.39 is 11.6 Å². The minimum Gasteiger partial charge on any atom is -0.322 e. The molecule has 0 saturated carbocycles. The maximum Gasteiger partial charge on any atom is 0.325 e. The van der Waals surface area contributed by atoms with Gasteiger partial charge in [-0.2, -0.15) is 11.8 Å². The van der Waals surface area contributed by atoms with Crippen LogP contribution in [0.15, 0.2) is 24.3 Å². The number of hydrogen-bond donors (Lipinski definition) is 1. The van der Waals surface area contributed by atoms with Crippen LogP contribution < -0.4 is 5.32 Å². The number of aryl methyl sites for hydroxylation is 2. The number of hydrogen-bond acceptors (Lipinski definition) is 4. The molecule has 3 heterocycles. The fourth-order valence-corrected chi connectivity index (χ4v) is 5.37. The van der Waals surface area contributed by atoms with Crippen LogP contribution in [0.25, 0.3) is 5.69 Å². The lowest BCUT2D eigenvalue weighted by molar-refractivity contribution is -0.130. The number of thioether (sulfide) groups is 1. The topological polar surface area (TPSA) is 71.4 Å².